The summed E-state index contributed by atoms with van der Waals surface area (Å²) in [6.07, 6.45) is 3.02. The monoisotopic (exact) mass is 209 g/mol. The largest absolute Gasteiger partial charge is 0.312 e. The van der Waals surface area contributed by atoms with Crippen LogP contribution in [0.3, 0.4) is 0 Å². The van der Waals surface area contributed by atoms with Crippen LogP contribution in [0.15, 0.2) is 6.20 Å². The highest BCUT2D eigenvalue weighted by Crippen LogP contribution is 2.13. The molecule has 1 aromatic heterocycles. The quantitative estimate of drug-likeness (QED) is 0.816. The first-order chi connectivity index (χ1) is 6.90. The minimum Gasteiger partial charge on any atom is -0.312 e. The fourth-order valence-corrected chi connectivity index (χ4v) is 2.07. The van der Waals surface area contributed by atoms with Crippen molar-refractivity contribution in [2.75, 3.05) is 12.3 Å². The standard InChI is InChI=1S/C10H15N3S/c1-2-14-7-10-12-6-8-5-11-4-3-9(8)13-10/h6,11H,2-5,7H2,1H3. The van der Waals surface area contributed by atoms with Crippen LogP contribution in [0.25, 0.3) is 0 Å². The van der Waals surface area contributed by atoms with E-state index in [-0.39, 0.29) is 0 Å². The van der Waals surface area contributed by atoms with E-state index < -0.39 is 0 Å². The number of aromatic nitrogens is 2. The van der Waals surface area contributed by atoms with Crippen LogP contribution in [0, 0.1) is 0 Å². The van der Waals surface area contributed by atoms with Gasteiger partial charge in [0.2, 0.25) is 0 Å². The van der Waals surface area contributed by atoms with Gasteiger partial charge in [-0.15, -0.1) is 0 Å². The maximum absolute atomic E-state index is 4.58. The third-order valence-electron chi connectivity index (χ3n) is 2.29. The molecular weight excluding hydrogens is 194 g/mol. The van der Waals surface area contributed by atoms with Gasteiger partial charge in [-0.05, 0) is 5.75 Å². The van der Waals surface area contributed by atoms with E-state index in [0.29, 0.717) is 0 Å². The average Bonchev–Trinajstić information content (AvgIpc) is 2.26. The lowest BCUT2D eigenvalue weighted by molar-refractivity contribution is 0.622. The second-order valence-corrected chi connectivity index (χ2v) is 4.60. The summed E-state index contributed by atoms with van der Waals surface area (Å²) in [7, 11) is 0. The Morgan fingerprint density at radius 2 is 2.50 bits per heavy atom. The lowest BCUT2D eigenvalue weighted by atomic mass is 10.1. The Morgan fingerprint density at radius 1 is 1.57 bits per heavy atom. The number of fused-ring (bicyclic) bond motifs is 1. The number of rotatable bonds is 3. The Balaban J connectivity index is 2.12. The summed E-state index contributed by atoms with van der Waals surface area (Å²) < 4.78 is 0. The fourth-order valence-electron chi connectivity index (χ4n) is 1.54. The van der Waals surface area contributed by atoms with Gasteiger partial charge in [-0.2, -0.15) is 11.8 Å². The Kier molecular flexibility index (Phi) is 3.37. The third kappa shape index (κ3) is 2.25. The Morgan fingerprint density at radius 3 is 3.36 bits per heavy atom. The van der Waals surface area contributed by atoms with Crippen molar-refractivity contribution < 1.29 is 0 Å². The topological polar surface area (TPSA) is 37.8 Å². The number of nitrogens with one attached hydrogen (secondary N) is 1. The summed E-state index contributed by atoms with van der Waals surface area (Å²) in [5.74, 6) is 3.05. The lowest BCUT2D eigenvalue weighted by Gasteiger charge is -2.15. The summed E-state index contributed by atoms with van der Waals surface area (Å²) >= 11 is 1.87. The summed E-state index contributed by atoms with van der Waals surface area (Å²) in [6.45, 7) is 4.13. The lowest BCUT2D eigenvalue weighted by Crippen LogP contribution is -2.25. The molecule has 1 aromatic rings. The van der Waals surface area contributed by atoms with Gasteiger partial charge in [0.1, 0.15) is 5.82 Å². The SMILES string of the molecule is CCSCc1ncc2c(n1)CCNC2. The Hall–Kier alpha value is -0.610. The highest BCUT2D eigenvalue weighted by atomic mass is 32.2. The van der Waals surface area contributed by atoms with Gasteiger partial charge < -0.3 is 5.32 Å². The van der Waals surface area contributed by atoms with E-state index >= 15 is 0 Å². The zero-order valence-electron chi connectivity index (χ0n) is 8.42. The smallest absolute Gasteiger partial charge is 0.138 e. The summed E-state index contributed by atoms with van der Waals surface area (Å²) in [4.78, 5) is 8.94. The first-order valence-corrected chi connectivity index (χ1v) is 6.17. The predicted molar refractivity (Wildman–Crippen MR) is 59.3 cm³/mol. The van der Waals surface area contributed by atoms with Crippen molar-refractivity contribution >= 4 is 11.8 Å². The van der Waals surface area contributed by atoms with Gasteiger partial charge in [0, 0.05) is 37.0 Å². The average molecular weight is 209 g/mol. The van der Waals surface area contributed by atoms with Crippen molar-refractivity contribution in [2.24, 2.45) is 0 Å². The van der Waals surface area contributed by atoms with Gasteiger partial charge in [0.15, 0.2) is 0 Å². The molecule has 1 N–H and O–H groups in total. The Labute approximate surface area is 88.7 Å². The molecule has 0 atom stereocenters. The molecule has 14 heavy (non-hydrogen) atoms. The molecule has 0 saturated carbocycles. The van der Waals surface area contributed by atoms with Crippen LogP contribution < -0.4 is 5.32 Å². The minimum absolute atomic E-state index is 0.927. The molecule has 3 nitrogen and oxygen atoms in total. The first-order valence-electron chi connectivity index (χ1n) is 5.02. The summed E-state index contributed by atoms with van der Waals surface area (Å²) in [6, 6.07) is 0. The summed E-state index contributed by atoms with van der Waals surface area (Å²) in [5.41, 5.74) is 2.51. The molecule has 1 aliphatic rings. The maximum atomic E-state index is 4.58. The fraction of sp³-hybridized carbons (Fsp3) is 0.600. The molecular formula is C10H15N3S. The van der Waals surface area contributed by atoms with Gasteiger partial charge in [-0.1, -0.05) is 6.92 Å². The molecule has 0 amide bonds. The van der Waals surface area contributed by atoms with Gasteiger partial charge in [0.05, 0.1) is 5.75 Å². The zero-order valence-corrected chi connectivity index (χ0v) is 9.23. The molecule has 0 bridgehead atoms. The normalized spacial score (nSPS) is 15.2. The van der Waals surface area contributed by atoms with Gasteiger partial charge in [0.25, 0.3) is 0 Å². The predicted octanol–water partition coefficient (Wildman–Crippen LogP) is 1.38. The van der Waals surface area contributed by atoms with Crippen LogP contribution in [0.1, 0.15) is 24.0 Å². The van der Waals surface area contributed by atoms with Crippen LogP contribution >= 0.6 is 11.8 Å². The molecule has 0 radical (unpaired) electrons. The van der Waals surface area contributed by atoms with E-state index in [4.69, 9.17) is 0 Å². The van der Waals surface area contributed by atoms with Crippen molar-refractivity contribution in [3.8, 4) is 0 Å². The highest BCUT2D eigenvalue weighted by molar-refractivity contribution is 7.98. The van der Waals surface area contributed by atoms with E-state index in [2.05, 4.69) is 22.2 Å². The molecule has 4 heteroatoms. The van der Waals surface area contributed by atoms with Crippen LogP contribution in [0.2, 0.25) is 0 Å². The van der Waals surface area contributed by atoms with Crippen LogP contribution in [-0.4, -0.2) is 22.3 Å². The summed E-state index contributed by atoms with van der Waals surface area (Å²) in [5, 5.41) is 3.32. The number of thioether (sulfide) groups is 1. The molecule has 0 unspecified atom stereocenters. The molecule has 2 rings (SSSR count). The molecule has 1 aliphatic heterocycles. The maximum Gasteiger partial charge on any atom is 0.138 e. The number of nitrogens with zero attached hydrogens (tertiary/aromatic N) is 2. The van der Waals surface area contributed by atoms with E-state index in [1.807, 2.05) is 18.0 Å². The van der Waals surface area contributed by atoms with E-state index in [0.717, 1.165) is 36.8 Å². The van der Waals surface area contributed by atoms with Gasteiger partial charge in [-0.25, -0.2) is 9.97 Å². The van der Waals surface area contributed by atoms with Crippen molar-refractivity contribution in [2.45, 2.75) is 25.6 Å². The number of hydrogen-bond acceptors (Lipinski definition) is 4. The van der Waals surface area contributed by atoms with Crippen molar-refractivity contribution in [1.82, 2.24) is 15.3 Å². The zero-order chi connectivity index (χ0) is 9.80. The van der Waals surface area contributed by atoms with E-state index in [9.17, 15) is 0 Å². The molecule has 0 spiro atoms. The highest BCUT2D eigenvalue weighted by Gasteiger charge is 2.10. The van der Waals surface area contributed by atoms with Crippen molar-refractivity contribution in [3.05, 3.63) is 23.3 Å². The number of hydrogen-bond donors (Lipinski definition) is 1. The van der Waals surface area contributed by atoms with Crippen molar-refractivity contribution in [3.63, 3.8) is 0 Å². The molecule has 0 fully saturated rings. The van der Waals surface area contributed by atoms with E-state index in [1.54, 1.807) is 0 Å². The molecule has 0 saturated heterocycles. The second kappa shape index (κ2) is 4.75. The molecule has 2 heterocycles. The molecule has 0 aliphatic carbocycles. The minimum atomic E-state index is 0.927. The van der Waals surface area contributed by atoms with Crippen LogP contribution in [-0.2, 0) is 18.7 Å². The van der Waals surface area contributed by atoms with Gasteiger partial charge in [-0.3, -0.25) is 0 Å². The Bertz CT molecular complexity index is 314. The molecule has 76 valence electrons. The van der Waals surface area contributed by atoms with E-state index in [1.165, 1.54) is 11.3 Å². The van der Waals surface area contributed by atoms with Crippen LogP contribution in [0.5, 0.6) is 0 Å². The second-order valence-electron chi connectivity index (χ2n) is 3.32. The van der Waals surface area contributed by atoms with Gasteiger partial charge >= 0.3 is 0 Å². The third-order valence-corrected chi connectivity index (χ3v) is 3.16. The first kappa shape index (κ1) is 9.93. The van der Waals surface area contributed by atoms with Crippen LogP contribution in [0.4, 0.5) is 0 Å². The van der Waals surface area contributed by atoms with Crippen molar-refractivity contribution in [1.29, 1.82) is 0 Å². The molecule has 0 aromatic carbocycles.